The number of aromatic nitrogens is 2. The van der Waals surface area contributed by atoms with Crippen molar-refractivity contribution in [1.29, 1.82) is 0 Å². The van der Waals surface area contributed by atoms with E-state index in [-0.39, 0.29) is 16.9 Å². The lowest BCUT2D eigenvalue weighted by Crippen LogP contribution is -2.18. The highest BCUT2D eigenvalue weighted by Crippen LogP contribution is 2.31. The largest absolute Gasteiger partial charge is 0.403 e. The van der Waals surface area contributed by atoms with Crippen molar-refractivity contribution in [1.82, 2.24) is 9.97 Å². The second-order valence-corrected chi connectivity index (χ2v) is 5.67. The monoisotopic (exact) mass is 292 g/mol. The van der Waals surface area contributed by atoms with E-state index in [1.165, 1.54) is 32.3 Å². The minimum atomic E-state index is -1.42. The van der Waals surface area contributed by atoms with E-state index in [0.717, 1.165) is 6.42 Å². The molecule has 1 N–H and O–H groups in total. The second kappa shape index (κ2) is 5.42. The first kappa shape index (κ1) is 14.0. The first-order valence-corrected chi connectivity index (χ1v) is 7.25. The highest BCUT2D eigenvalue weighted by atomic mass is 19.1. The Balaban J connectivity index is 2.06. The van der Waals surface area contributed by atoms with Crippen LogP contribution in [0.4, 0.5) is 4.39 Å². The van der Waals surface area contributed by atoms with E-state index in [2.05, 4.69) is 9.97 Å². The van der Waals surface area contributed by atoms with Gasteiger partial charge in [0.05, 0.1) is 0 Å². The summed E-state index contributed by atoms with van der Waals surface area (Å²) in [6, 6.07) is 1.34. The lowest BCUT2D eigenvalue weighted by molar-refractivity contribution is 0.296. The van der Waals surface area contributed by atoms with Gasteiger partial charge >= 0.3 is 5.63 Å². The quantitative estimate of drug-likeness (QED) is 0.940. The Morgan fingerprint density at radius 1 is 1.48 bits per heavy atom. The molecule has 1 fully saturated rings. The second-order valence-electron chi connectivity index (χ2n) is 5.67. The van der Waals surface area contributed by atoms with Gasteiger partial charge in [-0.25, -0.2) is 9.18 Å². The number of halogens is 1. The van der Waals surface area contributed by atoms with Crippen molar-refractivity contribution in [2.75, 3.05) is 0 Å². The molecule has 0 aromatic carbocycles. The van der Waals surface area contributed by atoms with Gasteiger partial charge in [-0.2, -0.15) is 4.98 Å². The van der Waals surface area contributed by atoms with Crippen LogP contribution < -0.4 is 11.2 Å². The molecule has 0 bridgehead atoms. The van der Waals surface area contributed by atoms with E-state index in [0.29, 0.717) is 17.9 Å². The summed E-state index contributed by atoms with van der Waals surface area (Å²) in [6.45, 7) is 1.27. The molecule has 1 atom stereocenters. The Bertz CT molecular complexity index is 775. The van der Waals surface area contributed by atoms with E-state index in [9.17, 15) is 14.0 Å². The van der Waals surface area contributed by atoms with Gasteiger partial charge in [0.2, 0.25) is 5.71 Å². The van der Waals surface area contributed by atoms with Crippen LogP contribution in [-0.4, -0.2) is 9.97 Å². The van der Waals surface area contributed by atoms with Gasteiger partial charge in [-0.05, 0) is 31.2 Å². The molecule has 0 amide bonds. The molecule has 1 aliphatic carbocycles. The zero-order valence-electron chi connectivity index (χ0n) is 11.8. The number of alkyl halides is 1. The maximum atomic E-state index is 13.3. The molecule has 2 aromatic heterocycles. The highest BCUT2D eigenvalue weighted by molar-refractivity contribution is 5.75. The van der Waals surface area contributed by atoms with E-state index < -0.39 is 17.4 Å². The lowest BCUT2D eigenvalue weighted by Gasteiger charge is -2.25. The summed E-state index contributed by atoms with van der Waals surface area (Å²) in [5, 5.41) is 0.262. The molecule has 3 rings (SSSR count). The van der Waals surface area contributed by atoms with Crippen LogP contribution >= 0.6 is 0 Å². The Morgan fingerprint density at radius 3 is 2.86 bits per heavy atom. The van der Waals surface area contributed by atoms with Crippen LogP contribution in [0.2, 0.25) is 0 Å². The molecule has 0 spiro atoms. The first-order valence-electron chi connectivity index (χ1n) is 7.25. The molecule has 1 aliphatic rings. The van der Waals surface area contributed by atoms with Crippen molar-refractivity contribution in [2.24, 2.45) is 5.92 Å². The number of hydrogen-bond donors (Lipinski definition) is 1. The Morgan fingerprint density at radius 2 is 2.24 bits per heavy atom. The summed E-state index contributed by atoms with van der Waals surface area (Å²) in [4.78, 5) is 30.1. The molecule has 21 heavy (non-hydrogen) atoms. The fourth-order valence-corrected chi connectivity index (χ4v) is 2.69. The first-order chi connectivity index (χ1) is 10.0. The fourth-order valence-electron chi connectivity index (χ4n) is 2.69. The van der Waals surface area contributed by atoms with Crippen molar-refractivity contribution < 1.29 is 8.81 Å². The minimum Gasteiger partial charge on any atom is -0.403 e. The van der Waals surface area contributed by atoms with Gasteiger partial charge in [0.25, 0.3) is 5.56 Å². The zero-order valence-corrected chi connectivity index (χ0v) is 11.8. The molecule has 1 saturated carbocycles. The summed E-state index contributed by atoms with van der Waals surface area (Å²) in [7, 11) is 0. The molecule has 6 heteroatoms. The minimum absolute atomic E-state index is 0.0747. The van der Waals surface area contributed by atoms with Crippen LogP contribution in [0.15, 0.2) is 20.1 Å². The number of aryl methyl sites for hydroxylation is 1. The fraction of sp³-hybridized carbons (Fsp3) is 0.533. The number of fused-ring (bicyclic) bond motifs is 1. The number of aromatic amines is 1. The average Bonchev–Trinajstić information content (AvgIpc) is 2.35. The average molecular weight is 292 g/mol. The molecule has 2 aromatic rings. The number of rotatable bonds is 4. The van der Waals surface area contributed by atoms with Crippen molar-refractivity contribution >= 4 is 11.1 Å². The molecule has 5 nitrogen and oxygen atoms in total. The Hall–Kier alpha value is -1.98. The summed E-state index contributed by atoms with van der Waals surface area (Å²) in [6.07, 6.45) is 3.82. The van der Waals surface area contributed by atoms with Crippen LogP contribution in [0.1, 0.15) is 50.2 Å². The third kappa shape index (κ3) is 2.75. The van der Waals surface area contributed by atoms with Crippen molar-refractivity contribution in [3.63, 3.8) is 0 Å². The highest BCUT2D eigenvalue weighted by Gasteiger charge is 2.19. The standard InChI is InChI=1S/C15H17FN2O3/c1-8(16)13-17-14(20)12-10(6-5-9-3-2-4-9)7-11(19)21-15(12)18-13/h7-9H,2-6H2,1H3,(H,17,18,20). The number of nitrogens with zero attached hydrogens (tertiary/aromatic N) is 1. The predicted molar refractivity (Wildman–Crippen MR) is 76.1 cm³/mol. The van der Waals surface area contributed by atoms with Crippen LogP contribution in [0, 0.1) is 5.92 Å². The van der Waals surface area contributed by atoms with Gasteiger partial charge in [0.1, 0.15) is 11.2 Å². The van der Waals surface area contributed by atoms with Gasteiger partial charge < -0.3 is 9.40 Å². The van der Waals surface area contributed by atoms with Gasteiger partial charge in [-0.3, -0.25) is 4.79 Å². The maximum Gasteiger partial charge on any atom is 0.337 e. The predicted octanol–water partition coefficient (Wildman–Crippen LogP) is 2.64. The van der Waals surface area contributed by atoms with Crippen molar-refractivity contribution in [2.45, 2.75) is 45.2 Å². The molecule has 112 valence electrons. The van der Waals surface area contributed by atoms with Crippen molar-refractivity contribution in [3.8, 4) is 0 Å². The molecule has 0 radical (unpaired) electrons. The van der Waals surface area contributed by atoms with E-state index in [1.54, 1.807) is 0 Å². The van der Waals surface area contributed by atoms with Gasteiger partial charge in [-0.15, -0.1) is 0 Å². The summed E-state index contributed by atoms with van der Waals surface area (Å²) < 4.78 is 18.3. The van der Waals surface area contributed by atoms with Crippen LogP contribution in [-0.2, 0) is 6.42 Å². The number of H-pyrrole nitrogens is 1. The Labute approximate surface area is 120 Å². The van der Waals surface area contributed by atoms with E-state index in [4.69, 9.17) is 4.42 Å². The molecule has 2 heterocycles. The van der Waals surface area contributed by atoms with E-state index in [1.807, 2.05) is 0 Å². The normalized spacial score (nSPS) is 16.9. The zero-order chi connectivity index (χ0) is 15.0. The molecular weight excluding hydrogens is 275 g/mol. The summed E-state index contributed by atoms with van der Waals surface area (Å²) in [5.41, 5.74) is -0.442. The smallest absolute Gasteiger partial charge is 0.337 e. The van der Waals surface area contributed by atoms with Crippen LogP contribution in [0.5, 0.6) is 0 Å². The molecule has 0 saturated heterocycles. The topological polar surface area (TPSA) is 76.0 Å². The maximum absolute atomic E-state index is 13.3. The Kier molecular flexibility index (Phi) is 3.61. The van der Waals surface area contributed by atoms with Crippen LogP contribution in [0.3, 0.4) is 0 Å². The van der Waals surface area contributed by atoms with Crippen molar-refractivity contribution in [3.05, 3.63) is 38.2 Å². The van der Waals surface area contributed by atoms with E-state index >= 15 is 0 Å². The summed E-state index contributed by atoms with van der Waals surface area (Å²) >= 11 is 0. The molecular formula is C15H17FN2O3. The lowest BCUT2D eigenvalue weighted by atomic mass is 9.81. The van der Waals surface area contributed by atoms with Gasteiger partial charge in [0.15, 0.2) is 6.17 Å². The third-order valence-corrected chi connectivity index (χ3v) is 4.14. The SMILES string of the molecule is CC(F)c1nc2oc(=O)cc(CCC3CCC3)c2c(=O)[nH]1. The molecule has 1 unspecified atom stereocenters. The van der Waals surface area contributed by atoms with Gasteiger partial charge in [0, 0.05) is 6.07 Å². The third-order valence-electron chi connectivity index (χ3n) is 4.14. The van der Waals surface area contributed by atoms with Gasteiger partial charge in [-0.1, -0.05) is 19.3 Å². The molecule has 0 aliphatic heterocycles. The summed E-state index contributed by atoms with van der Waals surface area (Å²) in [5.74, 6) is 0.552. The number of nitrogens with one attached hydrogen (secondary N) is 1. The van der Waals surface area contributed by atoms with Crippen LogP contribution in [0.25, 0.3) is 11.1 Å². The number of hydrogen-bond acceptors (Lipinski definition) is 4.